The van der Waals surface area contributed by atoms with E-state index >= 15 is 0 Å². The average Bonchev–Trinajstić information content (AvgIpc) is 2.36. The molecule has 1 heterocycles. The van der Waals surface area contributed by atoms with E-state index in [2.05, 4.69) is 15.6 Å². The predicted molar refractivity (Wildman–Crippen MR) is 68.2 cm³/mol. The fourth-order valence-corrected chi connectivity index (χ4v) is 1.54. The predicted octanol–water partition coefficient (Wildman–Crippen LogP) is 0.874. The molecule has 0 saturated heterocycles. The molecule has 5 nitrogen and oxygen atoms in total. The summed E-state index contributed by atoms with van der Waals surface area (Å²) in [6.07, 6.45) is 1.81. The van der Waals surface area contributed by atoms with Crippen LogP contribution in [0.5, 0.6) is 0 Å². The van der Waals surface area contributed by atoms with Gasteiger partial charge in [-0.25, -0.2) is 4.98 Å². The Morgan fingerprint density at radius 3 is 2.88 bits per heavy atom. The number of nitrogens with zero attached hydrogens (tertiary/aromatic N) is 1. The Morgan fingerprint density at radius 2 is 2.24 bits per heavy atom. The summed E-state index contributed by atoms with van der Waals surface area (Å²) < 4.78 is 10.3. The van der Waals surface area contributed by atoms with E-state index in [1.807, 2.05) is 19.2 Å². The number of methoxy groups -OCH3 is 2. The number of rotatable bonds is 8. The summed E-state index contributed by atoms with van der Waals surface area (Å²) in [6, 6.07) is 3.98. The number of hydrogen-bond donors (Lipinski definition) is 2. The van der Waals surface area contributed by atoms with Crippen molar-refractivity contribution < 1.29 is 9.47 Å². The number of ether oxygens (including phenoxy) is 2. The zero-order chi connectivity index (χ0) is 12.5. The molecule has 5 heteroatoms. The first-order valence-electron chi connectivity index (χ1n) is 5.66. The number of nitrogens with one attached hydrogen (secondary N) is 2. The average molecular weight is 239 g/mol. The van der Waals surface area contributed by atoms with Gasteiger partial charge in [0.25, 0.3) is 0 Å². The Morgan fingerprint density at radius 1 is 1.41 bits per heavy atom. The van der Waals surface area contributed by atoms with Gasteiger partial charge < -0.3 is 20.1 Å². The lowest BCUT2D eigenvalue weighted by atomic mass is 10.2. The molecule has 0 aliphatic carbocycles. The van der Waals surface area contributed by atoms with Gasteiger partial charge in [-0.05, 0) is 13.1 Å². The van der Waals surface area contributed by atoms with Gasteiger partial charge in [0.2, 0.25) is 0 Å². The molecule has 0 aliphatic rings. The number of anilines is 1. The molecule has 1 aromatic rings. The molecule has 1 aromatic heterocycles. The first-order valence-corrected chi connectivity index (χ1v) is 5.66. The normalized spacial score (nSPS) is 12.4. The highest BCUT2D eigenvalue weighted by atomic mass is 16.5. The first-order chi connectivity index (χ1) is 8.31. The van der Waals surface area contributed by atoms with Crippen LogP contribution in [-0.4, -0.2) is 45.5 Å². The monoisotopic (exact) mass is 239 g/mol. The van der Waals surface area contributed by atoms with Crippen LogP contribution in [0, 0.1) is 0 Å². The Kier molecular flexibility index (Phi) is 6.54. The molecular weight excluding hydrogens is 218 g/mol. The molecule has 17 heavy (non-hydrogen) atoms. The molecule has 0 spiro atoms. The topological polar surface area (TPSA) is 55.4 Å². The fourth-order valence-electron chi connectivity index (χ4n) is 1.54. The quantitative estimate of drug-likeness (QED) is 0.705. The minimum atomic E-state index is 0.0319. The van der Waals surface area contributed by atoms with Crippen molar-refractivity contribution in [3.63, 3.8) is 0 Å². The van der Waals surface area contributed by atoms with E-state index in [4.69, 9.17) is 9.47 Å². The summed E-state index contributed by atoms with van der Waals surface area (Å²) >= 11 is 0. The largest absolute Gasteiger partial charge is 0.382 e. The van der Waals surface area contributed by atoms with Crippen LogP contribution in [0.3, 0.4) is 0 Å². The second kappa shape index (κ2) is 8.00. The van der Waals surface area contributed by atoms with Gasteiger partial charge in [0.05, 0.1) is 12.7 Å². The summed E-state index contributed by atoms with van der Waals surface area (Å²) in [4.78, 5) is 4.32. The maximum Gasteiger partial charge on any atom is 0.130 e. The third-order valence-corrected chi connectivity index (χ3v) is 2.44. The van der Waals surface area contributed by atoms with Crippen LogP contribution in [0.25, 0.3) is 0 Å². The highest BCUT2D eigenvalue weighted by Crippen LogP contribution is 2.11. The van der Waals surface area contributed by atoms with Crippen molar-refractivity contribution in [3.05, 3.63) is 23.9 Å². The van der Waals surface area contributed by atoms with Crippen molar-refractivity contribution in [2.24, 2.45) is 0 Å². The van der Waals surface area contributed by atoms with E-state index in [1.54, 1.807) is 20.4 Å². The molecule has 2 N–H and O–H groups in total. The maximum absolute atomic E-state index is 5.28. The molecule has 0 saturated carbocycles. The van der Waals surface area contributed by atoms with Crippen molar-refractivity contribution in [3.8, 4) is 0 Å². The Labute approximate surface area is 103 Å². The standard InChI is InChI=1S/C12H21N3O2/c1-13-7-10-5-4-6-14-12(10)15-8-11(17-3)9-16-2/h4-6,11,13H,7-9H2,1-3H3,(H,14,15). The smallest absolute Gasteiger partial charge is 0.130 e. The molecule has 1 unspecified atom stereocenters. The van der Waals surface area contributed by atoms with Gasteiger partial charge in [0, 0.05) is 39.1 Å². The summed E-state index contributed by atoms with van der Waals surface area (Å²) in [5.41, 5.74) is 1.14. The molecule has 0 radical (unpaired) electrons. The highest BCUT2D eigenvalue weighted by molar-refractivity contribution is 5.43. The van der Waals surface area contributed by atoms with Crippen LogP contribution in [0.4, 0.5) is 5.82 Å². The van der Waals surface area contributed by atoms with Gasteiger partial charge in [-0.15, -0.1) is 0 Å². The maximum atomic E-state index is 5.28. The van der Waals surface area contributed by atoms with Crippen LogP contribution in [0.1, 0.15) is 5.56 Å². The summed E-state index contributed by atoms with van der Waals surface area (Å²) in [6.45, 7) is 2.04. The second-order valence-corrected chi connectivity index (χ2v) is 3.74. The van der Waals surface area contributed by atoms with E-state index in [-0.39, 0.29) is 6.10 Å². The Bertz CT molecular complexity index is 320. The molecule has 0 aliphatic heterocycles. The van der Waals surface area contributed by atoms with Crippen LogP contribution in [-0.2, 0) is 16.0 Å². The molecule has 0 bridgehead atoms. The molecule has 0 aromatic carbocycles. The van der Waals surface area contributed by atoms with E-state index in [0.29, 0.717) is 13.2 Å². The summed E-state index contributed by atoms with van der Waals surface area (Å²) in [5, 5.41) is 6.39. The first kappa shape index (κ1) is 13.9. The third kappa shape index (κ3) is 4.68. The van der Waals surface area contributed by atoms with Gasteiger partial charge in [0.15, 0.2) is 0 Å². The lowest BCUT2D eigenvalue weighted by Crippen LogP contribution is -2.27. The van der Waals surface area contributed by atoms with E-state index in [1.165, 1.54) is 0 Å². The van der Waals surface area contributed by atoms with Gasteiger partial charge >= 0.3 is 0 Å². The Balaban J connectivity index is 2.55. The highest BCUT2D eigenvalue weighted by Gasteiger charge is 2.08. The molecule has 1 atom stereocenters. The third-order valence-electron chi connectivity index (χ3n) is 2.44. The minimum Gasteiger partial charge on any atom is -0.382 e. The molecule has 1 rings (SSSR count). The van der Waals surface area contributed by atoms with Crippen molar-refractivity contribution >= 4 is 5.82 Å². The zero-order valence-corrected chi connectivity index (χ0v) is 10.7. The van der Waals surface area contributed by atoms with Crippen LogP contribution >= 0.6 is 0 Å². The van der Waals surface area contributed by atoms with E-state index in [0.717, 1.165) is 17.9 Å². The fraction of sp³-hybridized carbons (Fsp3) is 0.583. The van der Waals surface area contributed by atoms with Crippen molar-refractivity contribution in [2.75, 3.05) is 39.7 Å². The molecular formula is C12H21N3O2. The molecule has 0 fully saturated rings. The van der Waals surface area contributed by atoms with Crippen LogP contribution in [0.15, 0.2) is 18.3 Å². The minimum absolute atomic E-state index is 0.0319. The van der Waals surface area contributed by atoms with Crippen molar-refractivity contribution in [1.29, 1.82) is 0 Å². The van der Waals surface area contributed by atoms with Gasteiger partial charge in [-0.3, -0.25) is 0 Å². The van der Waals surface area contributed by atoms with Gasteiger partial charge in [-0.2, -0.15) is 0 Å². The zero-order valence-electron chi connectivity index (χ0n) is 10.7. The van der Waals surface area contributed by atoms with Gasteiger partial charge in [-0.1, -0.05) is 6.07 Å². The van der Waals surface area contributed by atoms with Crippen LogP contribution in [0.2, 0.25) is 0 Å². The molecule has 96 valence electrons. The number of aromatic nitrogens is 1. The summed E-state index contributed by atoms with van der Waals surface area (Å²) in [5.74, 6) is 0.889. The SMILES string of the molecule is CNCc1cccnc1NCC(COC)OC. The van der Waals surface area contributed by atoms with E-state index < -0.39 is 0 Å². The number of pyridine rings is 1. The van der Waals surface area contributed by atoms with Gasteiger partial charge in [0.1, 0.15) is 5.82 Å². The van der Waals surface area contributed by atoms with Crippen molar-refractivity contribution in [1.82, 2.24) is 10.3 Å². The van der Waals surface area contributed by atoms with Crippen molar-refractivity contribution in [2.45, 2.75) is 12.6 Å². The lowest BCUT2D eigenvalue weighted by Gasteiger charge is -2.16. The number of hydrogen-bond acceptors (Lipinski definition) is 5. The Hall–Kier alpha value is -1.17. The summed E-state index contributed by atoms with van der Waals surface area (Å²) in [7, 11) is 5.26. The second-order valence-electron chi connectivity index (χ2n) is 3.74. The lowest BCUT2D eigenvalue weighted by molar-refractivity contribution is 0.0365. The molecule has 0 amide bonds. The van der Waals surface area contributed by atoms with Crippen LogP contribution < -0.4 is 10.6 Å². The van der Waals surface area contributed by atoms with E-state index in [9.17, 15) is 0 Å².